The molecular weight excluding hydrogens is 437 g/mol. The lowest BCUT2D eigenvalue weighted by molar-refractivity contribution is -0.157. The number of hydrogen-bond donors (Lipinski definition) is 2. The number of benzene rings is 1. The molecule has 2 atom stereocenters. The van der Waals surface area contributed by atoms with Gasteiger partial charge in [0.05, 0.1) is 29.9 Å². The predicted octanol–water partition coefficient (Wildman–Crippen LogP) is 4.58. The van der Waals surface area contributed by atoms with Crippen LogP contribution in [0.2, 0.25) is 0 Å². The number of ether oxygens (including phenoxy) is 1. The van der Waals surface area contributed by atoms with Gasteiger partial charge in [0.1, 0.15) is 5.82 Å². The molecule has 0 aliphatic carbocycles. The highest BCUT2D eigenvalue weighted by atomic mass is 19.1. The maximum atomic E-state index is 13.8. The molecule has 4 aromatic rings. The summed E-state index contributed by atoms with van der Waals surface area (Å²) in [4.78, 5) is 16.8. The number of nitrogens with zero attached hydrogens (tertiary/aromatic N) is 4. The van der Waals surface area contributed by atoms with Gasteiger partial charge in [-0.2, -0.15) is 10.4 Å². The molecule has 9 heteroatoms. The van der Waals surface area contributed by atoms with E-state index in [0.717, 1.165) is 27.8 Å². The predicted molar refractivity (Wildman–Crippen MR) is 123 cm³/mol. The molecule has 4 heterocycles. The Morgan fingerprint density at radius 1 is 1.41 bits per heavy atom. The number of nitrogens with one attached hydrogen (secondary N) is 1. The molecule has 0 radical (unpaired) electrons. The van der Waals surface area contributed by atoms with Gasteiger partial charge in [0.2, 0.25) is 0 Å². The minimum atomic E-state index is -1.32. The molecule has 1 unspecified atom stereocenters. The zero-order valence-corrected chi connectivity index (χ0v) is 19.1. The van der Waals surface area contributed by atoms with Crippen LogP contribution >= 0.6 is 0 Å². The van der Waals surface area contributed by atoms with Gasteiger partial charge in [-0.1, -0.05) is 13.8 Å². The highest BCUT2D eigenvalue weighted by Crippen LogP contribution is 2.47. The second kappa shape index (κ2) is 7.64. The third kappa shape index (κ3) is 3.33. The van der Waals surface area contributed by atoms with Crippen molar-refractivity contribution < 1.29 is 19.0 Å². The number of nitriles is 1. The van der Waals surface area contributed by atoms with Crippen LogP contribution in [0.4, 0.5) is 4.39 Å². The van der Waals surface area contributed by atoms with E-state index in [1.165, 1.54) is 12.1 Å². The Balaban J connectivity index is 1.88. The molecule has 34 heavy (non-hydrogen) atoms. The minimum absolute atomic E-state index is 0.212. The summed E-state index contributed by atoms with van der Waals surface area (Å²) in [6.45, 7) is 5.75. The molecule has 0 amide bonds. The highest BCUT2D eigenvalue weighted by molar-refractivity contribution is 5.94. The normalized spacial score (nSPS) is 20.7. The van der Waals surface area contributed by atoms with E-state index in [2.05, 4.69) is 16.3 Å². The lowest BCUT2D eigenvalue weighted by Crippen LogP contribution is -2.34. The number of fused-ring (bicyclic) bond motifs is 2. The molecule has 0 saturated carbocycles. The molecule has 1 saturated heterocycles. The van der Waals surface area contributed by atoms with Crippen molar-refractivity contribution in [2.24, 2.45) is 0 Å². The lowest BCUT2D eigenvalue weighted by Gasteiger charge is -2.28. The van der Waals surface area contributed by atoms with Crippen LogP contribution < -0.4 is 0 Å². The summed E-state index contributed by atoms with van der Waals surface area (Å²) in [6.07, 6.45) is 2.17. The summed E-state index contributed by atoms with van der Waals surface area (Å²) in [5.74, 6) is -1.62. The SMILES string of the molecule is CC(C)(CC#N)c1c(C2CO[C@@](C)(C(=O)O)C2)c2nc3[nH]ncc3cc2n1-c1ccc(F)cc1. The highest BCUT2D eigenvalue weighted by Gasteiger charge is 2.46. The second-order valence-electron chi connectivity index (χ2n) is 9.70. The summed E-state index contributed by atoms with van der Waals surface area (Å²) in [7, 11) is 0. The van der Waals surface area contributed by atoms with E-state index in [-0.39, 0.29) is 31.2 Å². The number of aromatic amines is 1. The molecule has 0 spiro atoms. The van der Waals surface area contributed by atoms with Crippen molar-refractivity contribution in [1.29, 1.82) is 5.26 Å². The number of H-pyrrole nitrogens is 1. The minimum Gasteiger partial charge on any atom is -0.479 e. The Kier molecular flexibility index (Phi) is 4.95. The number of halogens is 1. The van der Waals surface area contributed by atoms with Crippen molar-refractivity contribution in [2.75, 3.05) is 6.61 Å². The number of rotatable bonds is 5. The van der Waals surface area contributed by atoms with E-state index in [1.54, 1.807) is 25.3 Å². The number of pyridine rings is 1. The smallest absolute Gasteiger partial charge is 0.335 e. The molecule has 8 nitrogen and oxygen atoms in total. The number of carboxylic acid groups (broad SMARTS) is 1. The fourth-order valence-electron chi connectivity index (χ4n) is 4.99. The van der Waals surface area contributed by atoms with Gasteiger partial charge in [-0.05, 0) is 43.7 Å². The third-order valence-electron chi connectivity index (χ3n) is 6.73. The molecule has 2 N–H and O–H groups in total. The van der Waals surface area contributed by atoms with Gasteiger partial charge in [-0.25, -0.2) is 14.2 Å². The lowest BCUT2D eigenvalue weighted by atomic mass is 9.79. The van der Waals surface area contributed by atoms with E-state index >= 15 is 0 Å². The van der Waals surface area contributed by atoms with Gasteiger partial charge in [0.15, 0.2) is 11.2 Å². The summed E-state index contributed by atoms with van der Waals surface area (Å²) in [5, 5.41) is 27.2. The molecule has 1 aliphatic rings. The maximum Gasteiger partial charge on any atom is 0.335 e. The molecular formula is C25H24FN5O3. The van der Waals surface area contributed by atoms with E-state index in [0.29, 0.717) is 11.2 Å². The van der Waals surface area contributed by atoms with Crippen LogP contribution in [0.5, 0.6) is 0 Å². The Labute approximate surface area is 195 Å². The number of hydrogen-bond acceptors (Lipinski definition) is 5. The quantitative estimate of drug-likeness (QED) is 0.449. The third-order valence-corrected chi connectivity index (χ3v) is 6.73. The zero-order valence-electron chi connectivity index (χ0n) is 19.1. The van der Waals surface area contributed by atoms with Crippen LogP contribution in [-0.2, 0) is 14.9 Å². The zero-order chi connectivity index (χ0) is 24.3. The van der Waals surface area contributed by atoms with E-state index in [9.17, 15) is 19.6 Å². The summed E-state index contributed by atoms with van der Waals surface area (Å²) in [6, 6.07) is 10.4. The molecule has 0 bridgehead atoms. The fraction of sp³-hybridized carbons (Fsp3) is 0.360. The topological polar surface area (TPSA) is 117 Å². The Bertz CT molecular complexity index is 1460. The van der Waals surface area contributed by atoms with Gasteiger partial charge in [-0.15, -0.1) is 0 Å². The van der Waals surface area contributed by atoms with Crippen LogP contribution in [0.25, 0.3) is 27.8 Å². The van der Waals surface area contributed by atoms with Gasteiger partial charge in [0.25, 0.3) is 0 Å². The number of carboxylic acids is 1. The first-order valence-electron chi connectivity index (χ1n) is 11.0. The first kappa shape index (κ1) is 22.0. The monoisotopic (exact) mass is 461 g/mol. The average Bonchev–Trinajstić information content (AvgIpc) is 3.48. The standard InChI is InChI=1S/C25H24FN5O3/c1-24(2,8-9-27)21-19(15-11-25(3,23(32)33)34-13-15)20-18(10-14-12-28-30-22(14)29-20)31(21)17-6-4-16(26)5-7-17/h4-7,10,12,15H,8,11,13H2,1-3H3,(H,32,33)(H,28,29,30)/t15?,25-/m1/s1. The Morgan fingerprint density at radius 3 is 2.79 bits per heavy atom. The fourth-order valence-corrected chi connectivity index (χ4v) is 4.99. The van der Waals surface area contributed by atoms with Gasteiger partial charge >= 0.3 is 5.97 Å². The summed E-state index contributed by atoms with van der Waals surface area (Å²) < 4.78 is 21.6. The molecule has 5 rings (SSSR count). The van der Waals surface area contributed by atoms with Crippen LogP contribution in [0, 0.1) is 17.1 Å². The van der Waals surface area contributed by atoms with Crippen LogP contribution in [0.3, 0.4) is 0 Å². The van der Waals surface area contributed by atoms with Crippen LogP contribution in [0.15, 0.2) is 36.5 Å². The van der Waals surface area contributed by atoms with E-state index < -0.39 is 17.0 Å². The Morgan fingerprint density at radius 2 is 2.15 bits per heavy atom. The van der Waals surface area contributed by atoms with Crippen molar-refractivity contribution in [3.05, 3.63) is 53.6 Å². The first-order valence-corrected chi connectivity index (χ1v) is 11.0. The van der Waals surface area contributed by atoms with Crippen molar-refractivity contribution in [3.63, 3.8) is 0 Å². The van der Waals surface area contributed by atoms with Crippen molar-refractivity contribution in [3.8, 4) is 11.8 Å². The molecule has 1 fully saturated rings. The second-order valence-corrected chi connectivity index (χ2v) is 9.70. The average molecular weight is 461 g/mol. The van der Waals surface area contributed by atoms with E-state index in [4.69, 9.17) is 9.72 Å². The number of aromatic nitrogens is 4. The van der Waals surface area contributed by atoms with Crippen molar-refractivity contribution in [1.82, 2.24) is 19.7 Å². The largest absolute Gasteiger partial charge is 0.479 e. The Hall–Kier alpha value is -3.77. The molecule has 1 aromatic carbocycles. The molecule has 3 aromatic heterocycles. The van der Waals surface area contributed by atoms with Gasteiger partial charge < -0.3 is 14.4 Å². The number of carbonyl (C=O) groups is 1. The summed E-state index contributed by atoms with van der Waals surface area (Å²) in [5.41, 5.74) is 2.55. The van der Waals surface area contributed by atoms with Gasteiger partial charge in [0, 0.05) is 40.1 Å². The molecule has 1 aliphatic heterocycles. The number of aliphatic carboxylic acids is 1. The van der Waals surface area contributed by atoms with E-state index in [1.807, 2.05) is 24.5 Å². The van der Waals surface area contributed by atoms with Crippen molar-refractivity contribution >= 4 is 28.0 Å². The maximum absolute atomic E-state index is 13.8. The van der Waals surface area contributed by atoms with Crippen LogP contribution in [0.1, 0.15) is 50.8 Å². The summed E-state index contributed by atoms with van der Waals surface area (Å²) >= 11 is 0. The van der Waals surface area contributed by atoms with Crippen LogP contribution in [-0.4, -0.2) is 43.0 Å². The van der Waals surface area contributed by atoms with Gasteiger partial charge in [-0.3, -0.25) is 5.10 Å². The van der Waals surface area contributed by atoms with Crippen molar-refractivity contribution in [2.45, 2.75) is 50.5 Å². The molecule has 174 valence electrons. The first-order chi connectivity index (χ1) is 16.1.